The van der Waals surface area contributed by atoms with Gasteiger partial charge in [0.15, 0.2) is 17.3 Å². The molecule has 0 fully saturated rings. The van der Waals surface area contributed by atoms with Crippen molar-refractivity contribution in [3.05, 3.63) is 59.9 Å². The molecule has 24 heavy (non-hydrogen) atoms. The first-order chi connectivity index (χ1) is 11.7. The normalized spacial score (nSPS) is 12.5. The molecule has 2 heterocycles. The van der Waals surface area contributed by atoms with Crippen molar-refractivity contribution in [1.29, 1.82) is 0 Å². The fraction of sp³-hybridized carbons (Fsp3) is 0.211. The Morgan fingerprint density at radius 3 is 2.75 bits per heavy atom. The molecule has 5 heteroatoms. The number of ether oxygens (including phenoxy) is 2. The highest BCUT2D eigenvalue weighted by molar-refractivity contribution is 5.96. The summed E-state index contributed by atoms with van der Waals surface area (Å²) >= 11 is 0. The molecule has 4 rings (SSSR count). The van der Waals surface area contributed by atoms with Crippen molar-refractivity contribution in [2.24, 2.45) is 0 Å². The average molecular weight is 323 g/mol. The van der Waals surface area contributed by atoms with Gasteiger partial charge in [0.2, 0.25) is 6.79 Å². The number of amides is 1. The summed E-state index contributed by atoms with van der Waals surface area (Å²) in [4.78, 5) is 14.5. The first-order valence-electron chi connectivity index (χ1n) is 7.91. The molecule has 0 N–H and O–H groups in total. The van der Waals surface area contributed by atoms with Crippen LogP contribution in [0.1, 0.15) is 23.0 Å². The molecule has 1 amide bonds. The molecule has 0 saturated heterocycles. The number of hydrogen-bond donors (Lipinski definition) is 0. The highest BCUT2D eigenvalue weighted by atomic mass is 16.7. The number of nitrogens with zero attached hydrogens (tertiary/aromatic N) is 1. The van der Waals surface area contributed by atoms with Gasteiger partial charge in [-0.05, 0) is 36.8 Å². The summed E-state index contributed by atoms with van der Waals surface area (Å²) in [6.07, 6.45) is 0. The quantitative estimate of drug-likeness (QED) is 0.732. The van der Waals surface area contributed by atoms with Crippen molar-refractivity contribution in [1.82, 2.24) is 4.90 Å². The van der Waals surface area contributed by atoms with Crippen LogP contribution in [-0.2, 0) is 6.54 Å². The maximum atomic E-state index is 12.8. The Bertz CT molecular complexity index is 866. The molecule has 5 nitrogen and oxygen atoms in total. The van der Waals surface area contributed by atoms with Gasteiger partial charge in [-0.2, -0.15) is 0 Å². The van der Waals surface area contributed by atoms with Crippen LogP contribution >= 0.6 is 0 Å². The molecule has 1 aliphatic rings. The number of hydrogen-bond acceptors (Lipinski definition) is 4. The fourth-order valence-corrected chi connectivity index (χ4v) is 2.83. The van der Waals surface area contributed by atoms with Crippen LogP contribution in [-0.4, -0.2) is 24.1 Å². The summed E-state index contributed by atoms with van der Waals surface area (Å²) in [6, 6.07) is 15.1. The van der Waals surface area contributed by atoms with Gasteiger partial charge in [-0.25, -0.2) is 0 Å². The molecule has 2 aromatic carbocycles. The number of carbonyl (C=O) groups excluding carboxylic acids is 1. The van der Waals surface area contributed by atoms with Crippen molar-refractivity contribution in [3.8, 4) is 11.5 Å². The fourth-order valence-electron chi connectivity index (χ4n) is 2.83. The summed E-state index contributed by atoms with van der Waals surface area (Å²) in [5.74, 6) is 1.70. The summed E-state index contributed by atoms with van der Waals surface area (Å²) in [7, 11) is 0. The highest BCUT2D eigenvalue weighted by Crippen LogP contribution is 2.33. The van der Waals surface area contributed by atoms with E-state index in [9.17, 15) is 4.79 Å². The number of rotatable bonds is 4. The zero-order valence-electron chi connectivity index (χ0n) is 13.3. The average Bonchev–Trinajstić information content (AvgIpc) is 3.24. The summed E-state index contributed by atoms with van der Waals surface area (Å²) < 4.78 is 16.4. The van der Waals surface area contributed by atoms with E-state index in [4.69, 9.17) is 13.9 Å². The number of para-hydroxylation sites is 1. The Labute approximate surface area is 139 Å². The predicted octanol–water partition coefficient (Wildman–Crippen LogP) is 3.82. The van der Waals surface area contributed by atoms with E-state index < -0.39 is 0 Å². The van der Waals surface area contributed by atoms with E-state index >= 15 is 0 Å². The second-order valence-electron chi connectivity index (χ2n) is 5.66. The van der Waals surface area contributed by atoms with E-state index in [-0.39, 0.29) is 12.7 Å². The number of furan rings is 1. The molecule has 0 saturated carbocycles. The van der Waals surface area contributed by atoms with Crippen molar-refractivity contribution in [2.75, 3.05) is 13.3 Å². The number of benzene rings is 2. The lowest BCUT2D eigenvalue weighted by Gasteiger charge is -2.19. The summed E-state index contributed by atoms with van der Waals surface area (Å²) in [5, 5.41) is 0.931. The second kappa shape index (κ2) is 5.92. The van der Waals surface area contributed by atoms with Crippen LogP contribution < -0.4 is 9.47 Å². The second-order valence-corrected chi connectivity index (χ2v) is 5.66. The van der Waals surface area contributed by atoms with E-state index in [0.29, 0.717) is 18.8 Å². The van der Waals surface area contributed by atoms with Crippen molar-refractivity contribution in [3.63, 3.8) is 0 Å². The van der Waals surface area contributed by atoms with Crippen LogP contribution in [0.25, 0.3) is 11.0 Å². The van der Waals surface area contributed by atoms with E-state index in [1.54, 1.807) is 11.0 Å². The Balaban J connectivity index is 1.57. The highest BCUT2D eigenvalue weighted by Gasteiger charge is 2.20. The standard InChI is InChI=1S/C19H17NO4/c1-2-20(11-13-7-8-16-17(9-13)23-12-22-16)19(21)18-10-14-5-3-4-6-15(14)24-18/h3-10H,2,11-12H2,1H3. The molecule has 122 valence electrons. The minimum Gasteiger partial charge on any atom is -0.454 e. The van der Waals surface area contributed by atoms with Gasteiger partial charge in [-0.15, -0.1) is 0 Å². The molecular weight excluding hydrogens is 306 g/mol. The molecule has 0 bridgehead atoms. The van der Waals surface area contributed by atoms with Crippen LogP contribution in [0.5, 0.6) is 11.5 Å². The van der Waals surface area contributed by atoms with Crippen LogP contribution in [0, 0.1) is 0 Å². The van der Waals surface area contributed by atoms with E-state index in [1.807, 2.05) is 49.4 Å². The zero-order chi connectivity index (χ0) is 16.5. The Morgan fingerprint density at radius 1 is 1.08 bits per heavy atom. The Kier molecular flexibility index (Phi) is 3.61. The summed E-state index contributed by atoms with van der Waals surface area (Å²) in [6.45, 7) is 3.27. The smallest absolute Gasteiger partial charge is 0.289 e. The topological polar surface area (TPSA) is 51.9 Å². The van der Waals surface area contributed by atoms with Gasteiger partial charge in [-0.1, -0.05) is 24.3 Å². The maximum absolute atomic E-state index is 12.8. The lowest BCUT2D eigenvalue weighted by Crippen LogP contribution is -2.29. The monoisotopic (exact) mass is 323 g/mol. The maximum Gasteiger partial charge on any atom is 0.289 e. The van der Waals surface area contributed by atoms with Crippen molar-refractivity contribution < 1.29 is 18.7 Å². The lowest BCUT2D eigenvalue weighted by molar-refractivity contribution is 0.0722. The molecular formula is C19H17NO4. The third-order valence-electron chi connectivity index (χ3n) is 4.12. The molecule has 0 spiro atoms. The minimum absolute atomic E-state index is 0.119. The van der Waals surface area contributed by atoms with Gasteiger partial charge in [-0.3, -0.25) is 4.79 Å². The molecule has 1 aromatic heterocycles. The van der Waals surface area contributed by atoms with Gasteiger partial charge in [0.1, 0.15) is 5.58 Å². The summed E-state index contributed by atoms with van der Waals surface area (Å²) in [5.41, 5.74) is 1.71. The minimum atomic E-state index is -0.119. The zero-order valence-corrected chi connectivity index (χ0v) is 13.3. The van der Waals surface area contributed by atoms with Crippen LogP contribution in [0.3, 0.4) is 0 Å². The van der Waals surface area contributed by atoms with E-state index in [2.05, 4.69) is 0 Å². The SMILES string of the molecule is CCN(Cc1ccc2c(c1)OCO2)C(=O)c1cc2ccccc2o1. The predicted molar refractivity (Wildman–Crippen MR) is 89.2 cm³/mol. The number of carbonyl (C=O) groups is 1. The third-order valence-corrected chi connectivity index (χ3v) is 4.12. The number of fused-ring (bicyclic) bond motifs is 2. The first-order valence-corrected chi connectivity index (χ1v) is 7.91. The lowest BCUT2D eigenvalue weighted by atomic mass is 10.2. The van der Waals surface area contributed by atoms with Crippen LogP contribution in [0.2, 0.25) is 0 Å². The van der Waals surface area contributed by atoms with Gasteiger partial charge in [0.05, 0.1) is 0 Å². The van der Waals surface area contributed by atoms with Crippen LogP contribution in [0.15, 0.2) is 52.9 Å². The Morgan fingerprint density at radius 2 is 1.92 bits per heavy atom. The van der Waals surface area contributed by atoms with E-state index in [1.165, 1.54) is 0 Å². The molecule has 0 radical (unpaired) electrons. The van der Waals surface area contributed by atoms with Crippen molar-refractivity contribution in [2.45, 2.75) is 13.5 Å². The van der Waals surface area contributed by atoms with Crippen molar-refractivity contribution >= 4 is 16.9 Å². The molecule has 0 unspecified atom stereocenters. The van der Waals surface area contributed by atoms with Crippen LogP contribution in [0.4, 0.5) is 0 Å². The third kappa shape index (κ3) is 2.58. The van der Waals surface area contributed by atoms with Gasteiger partial charge in [0.25, 0.3) is 5.91 Å². The molecule has 0 atom stereocenters. The van der Waals surface area contributed by atoms with Gasteiger partial charge in [0, 0.05) is 18.5 Å². The Hall–Kier alpha value is -2.95. The molecule has 1 aliphatic heterocycles. The first kappa shape index (κ1) is 14.6. The van der Waals surface area contributed by atoms with E-state index in [0.717, 1.165) is 28.0 Å². The largest absolute Gasteiger partial charge is 0.454 e. The van der Waals surface area contributed by atoms with Gasteiger partial charge >= 0.3 is 0 Å². The molecule has 3 aromatic rings. The van der Waals surface area contributed by atoms with Gasteiger partial charge < -0.3 is 18.8 Å². The molecule has 0 aliphatic carbocycles.